The summed E-state index contributed by atoms with van der Waals surface area (Å²) in [7, 11) is 0. The van der Waals surface area contributed by atoms with Crippen molar-refractivity contribution in [2.75, 3.05) is 31.2 Å². The predicted molar refractivity (Wildman–Crippen MR) is 117 cm³/mol. The smallest absolute Gasteiger partial charge is 0.144 e. The van der Waals surface area contributed by atoms with E-state index in [1.807, 2.05) is 13.0 Å². The van der Waals surface area contributed by atoms with Crippen molar-refractivity contribution in [3.05, 3.63) is 57.7 Å². The highest BCUT2D eigenvalue weighted by atomic mass is 79.9. The molecule has 1 aliphatic rings. The van der Waals surface area contributed by atoms with Crippen LogP contribution in [0.4, 0.5) is 10.1 Å². The largest absolute Gasteiger partial charge is 0.378 e. The molecule has 0 bridgehead atoms. The molecule has 1 fully saturated rings. The number of aromatic nitrogens is 3. The van der Waals surface area contributed by atoms with Crippen LogP contribution < -0.4 is 4.90 Å². The van der Waals surface area contributed by atoms with Crippen LogP contribution in [0.25, 0.3) is 27.6 Å². The molecule has 0 saturated carbocycles. The van der Waals surface area contributed by atoms with Crippen LogP contribution in [-0.4, -0.2) is 40.8 Å². The van der Waals surface area contributed by atoms with Crippen molar-refractivity contribution in [3.63, 3.8) is 0 Å². The molecule has 1 aliphatic heterocycles. The third-order valence-electron chi connectivity index (χ3n) is 5.26. The monoisotopic (exact) mass is 474 g/mol. The molecule has 0 amide bonds. The lowest BCUT2D eigenvalue weighted by Crippen LogP contribution is -2.36. The van der Waals surface area contributed by atoms with E-state index in [0.717, 1.165) is 51.2 Å². The Labute approximate surface area is 180 Å². The molecule has 4 aromatic rings. The zero-order chi connectivity index (χ0) is 20.1. The molecular formula is C21H17BrClFN4O. The van der Waals surface area contributed by atoms with Crippen LogP contribution in [0.5, 0.6) is 0 Å². The molecule has 1 saturated heterocycles. The number of nitrogens with zero attached hydrogens (tertiary/aromatic N) is 4. The molecule has 5 nitrogen and oxygen atoms in total. The lowest BCUT2D eigenvalue weighted by molar-refractivity contribution is 0.122. The van der Waals surface area contributed by atoms with Gasteiger partial charge >= 0.3 is 0 Å². The van der Waals surface area contributed by atoms with E-state index in [4.69, 9.17) is 21.3 Å². The van der Waals surface area contributed by atoms with Crippen LogP contribution in [0.1, 0.15) is 5.82 Å². The van der Waals surface area contributed by atoms with Gasteiger partial charge in [-0.3, -0.25) is 9.55 Å². The first kappa shape index (κ1) is 18.8. The number of rotatable bonds is 2. The second-order valence-corrected chi connectivity index (χ2v) is 8.21. The van der Waals surface area contributed by atoms with Crippen molar-refractivity contribution < 1.29 is 9.13 Å². The number of morpholine rings is 1. The van der Waals surface area contributed by atoms with Crippen LogP contribution in [0.2, 0.25) is 5.02 Å². The minimum atomic E-state index is -0.478. The first-order valence-electron chi connectivity index (χ1n) is 9.29. The average molecular weight is 476 g/mol. The Morgan fingerprint density at radius 3 is 2.72 bits per heavy atom. The van der Waals surface area contributed by atoms with Gasteiger partial charge in [-0.1, -0.05) is 11.6 Å². The summed E-state index contributed by atoms with van der Waals surface area (Å²) in [4.78, 5) is 11.4. The van der Waals surface area contributed by atoms with Gasteiger partial charge in [0.1, 0.15) is 22.2 Å². The van der Waals surface area contributed by atoms with Crippen LogP contribution >= 0.6 is 27.5 Å². The number of aryl methyl sites for hydroxylation is 1. The van der Waals surface area contributed by atoms with Gasteiger partial charge in [0.25, 0.3) is 0 Å². The van der Waals surface area contributed by atoms with Gasteiger partial charge in [0, 0.05) is 34.8 Å². The minimum Gasteiger partial charge on any atom is -0.378 e. The molecule has 29 heavy (non-hydrogen) atoms. The number of benzene rings is 2. The van der Waals surface area contributed by atoms with Gasteiger partial charge in [-0.25, -0.2) is 9.37 Å². The number of pyridine rings is 1. The number of hydrogen-bond donors (Lipinski definition) is 0. The maximum Gasteiger partial charge on any atom is 0.144 e. The van der Waals surface area contributed by atoms with Crippen LogP contribution in [0, 0.1) is 12.7 Å². The molecule has 148 valence electrons. The second kappa shape index (κ2) is 7.23. The SMILES string of the molecule is Cc1nc2c(Br)cc(N3CCOCC3)cc2n1-c1ccnc2c(Cl)c(F)ccc12. The first-order chi connectivity index (χ1) is 14.0. The molecule has 2 aromatic heterocycles. The van der Waals surface area contributed by atoms with Crippen molar-refractivity contribution in [2.24, 2.45) is 0 Å². The highest BCUT2D eigenvalue weighted by Gasteiger charge is 2.19. The lowest BCUT2D eigenvalue weighted by atomic mass is 10.1. The third-order valence-corrected chi connectivity index (χ3v) is 6.23. The Hall–Kier alpha value is -2.22. The van der Waals surface area contributed by atoms with E-state index in [1.165, 1.54) is 6.07 Å². The Kier molecular flexibility index (Phi) is 4.69. The van der Waals surface area contributed by atoms with E-state index >= 15 is 0 Å². The molecule has 0 aliphatic carbocycles. The molecular weight excluding hydrogens is 459 g/mol. The quantitative estimate of drug-likeness (QED) is 0.396. The maximum atomic E-state index is 14.0. The van der Waals surface area contributed by atoms with Gasteiger partial charge < -0.3 is 9.64 Å². The first-order valence-corrected chi connectivity index (χ1v) is 10.5. The van der Waals surface area contributed by atoms with Gasteiger partial charge in [-0.2, -0.15) is 0 Å². The minimum absolute atomic E-state index is 0.0293. The number of halogens is 3. The number of anilines is 1. The lowest BCUT2D eigenvalue weighted by Gasteiger charge is -2.29. The summed E-state index contributed by atoms with van der Waals surface area (Å²) in [6.45, 7) is 5.08. The van der Waals surface area contributed by atoms with Crippen molar-refractivity contribution in [1.82, 2.24) is 14.5 Å². The molecule has 3 heterocycles. The topological polar surface area (TPSA) is 43.2 Å². The van der Waals surface area contributed by atoms with Gasteiger partial charge in [-0.15, -0.1) is 0 Å². The zero-order valence-corrected chi connectivity index (χ0v) is 18.0. The van der Waals surface area contributed by atoms with E-state index in [2.05, 4.69) is 42.5 Å². The molecule has 0 spiro atoms. The van der Waals surface area contributed by atoms with Gasteiger partial charge in [0.2, 0.25) is 0 Å². The Bertz CT molecular complexity index is 1250. The van der Waals surface area contributed by atoms with Crippen molar-refractivity contribution >= 4 is 55.2 Å². The van der Waals surface area contributed by atoms with E-state index < -0.39 is 5.82 Å². The summed E-state index contributed by atoms with van der Waals surface area (Å²) in [5, 5.41) is 0.802. The standard InChI is InChI=1S/C21H17BrClFN4O/c1-12-26-21-15(22)10-13(27-6-8-29-9-7-27)11-18(21)28(12)17-4-5-25-20-14(17)2-3-16(24)19(20)23/h2-5,10-11H,6-9H2,1H3. The second-order valence-electron chi connectivity index (χ2n) is 6.98. The summed E-state index contributed by atoms with van der Waals surface area (Å²) in [6, 6.07) is 9.23. The molecule has 0 N–H and O–H groups in total. The van der Waals surface area contributed by atoms with Gasteiger partial charge in [0.05, 0.1) is 29.9 Å². The number of fused-ring (bicyclic) bond motifs is 2. The summed E-state index contributed by atoms with van der Waals surface area (Å²) in [6.07, 6.45) is 1.65. The summed E-state index contributed by atoms with van der Waals surface area (Å²) in [5.74, 6) is 0.348. The van der Waals surface area contributed by atoms with E-state index in [0.29, 0.717) is 18.7 Å². The molecule has 5 rings (SSSR count). The fraction of sp³-hybridized carbons (Fsp3) is 0.238. The van der Waals surface area contributed by atoms with Gasteiger partial charge in [-0.05, 0) is 53.2 Å². The highest BCUT2D eigenvalue weighted by molar-refractivity contribution is 9.10. The predicted octanol–water partition coefficient (Wildman–Crippen LogP) is 5.27. The van der Waals surface area contributed by atoms with Crippen molar-refractivity contribution in [1.29, 1.82) is 0 Å². The average Bonchev–Trinajstić information content (AvgIpc) is 3.07. The van der Waals surface area contributed by atoms with E-state index in [1.54, 1.807) is 12.3 Å². The Morgan fingerprint density at radius 2 is 1.93 bits per heavy atom. The molecule has 0 unspecified atom stereocenters. The van der Waals surface area contributed by atoms with Crippen LogP contribution in [-0.2, 0) is 4.74 Å². The third kappa shape index (κ3) is 3.08. The van der Waals surface area contributed by atoms with Crippen LogP contribution in [0.3, 0.4) is 0 Å². The Balaban J connectivity index is 1.77. The zero-order valence-electron chi connectivity index (χ0n) is 15.6. The highest BCUT2D eigenvalue weighted by Crippen LogP contribution is 2.35. The van der Waals surface area contributed by atoms with Gasteiger partial charge in [0.15, 0.2) is 0 Å². The summed E-state index contributed by atoms with van der Waals surface area (Å²) >= 11 is 9.87. The Morgan fingerprint density at radius 1 is 1.14 bits per heavy atom. The normalized spacial score (nSPS) is 14.8. The van der Waals surface area contributed by atoms with E-state index in [-0.39, 0.29) is 5.02 Å². The van der Waals surface area contributed by atoms with Crippen LogP contribution in [0.15, 0.2) is 41.0 Å². The number of imidazole rings is 1. The fourth-order valence-corrected chi connectivity index (χ4v) is 4.63. The number of ether oxygens (including phenoxy) is 1. The fourth-order valence-electron chi connectivity index (χ4n) is 3.89. The molecule has 0 radical (unpaired) electrons. The molecule has 0 atom stereocenters. The van der Waals surface area contributed by atoms with Crippen molar-refractivity contribution in [3.8, 4) is 5.69 Å². The number of hydrogen-bond acceptors (Lipinski definition) is 4. The van der Waals surface area contributed by atoms with Crippen molar-refractivity contribution in [2.45, 2.75) is 6.92 Å². The van der Waals surface area contributed by atoms with E-state index in [9.17, 15) is 4.39 Å². The maximum absolute atomic E-state index is 14.0. The molecule has 2 aromatic carbocycles. The summed E-state index contributed by atoms with van der Waals surface area (Å²) < 4.78 is 22.4. The molecule has 8 heteroatoms. The summed E-state index contributed by atoms with van der Waals surface area (Å²) in [5.41, 5.74) is 4.25.